The van der Waals surface area contributed by atoms with Gasteiger partial charge in [-0.1, -0.05) is 29.2 Å². The summed E-state index contributed by atoms with van der Waals surface area (Å²) >= 11 is 2.67. The molecule has 1 aromatic heterocycles. The Hall–Kier alpha value is -1.13. The number of hydrogen-bond donors (Lipinski definition) is 2. The number of hydrogen-bond acceptors (Lipinski definition) is 8. The van der Waals surface area contributed by atoms with Gasteiger partial charge in [0.15, 0.2) is 14.2 Å². The van der Waals surface area contributed by atoms with E-state index in [0.717, 1.165) is 0 Å². The van der Waals surface area contributed by atoms with Crippen LogP contribution in [0.2, 0.25) is 0 Å². The summed E-state index contributed by atoms with van der Waals surface area (Å²) in [5, 5.41) is 14.1. The summed E-state index contributed by atoms with van der Waals surface area (Å²) in [4.78, 5) is 12.1. The molecule has 2 heterocycles. The minimum Gasteiger partial charge on any atom is -0.357 e. The van der Waals surface area contributed by atoms with Gasteiger partial charge in [0.05, 0.1) is 16.8 Å². The van der Waals surface area contributed by atoms with Crippen LogP contribution in [0.25, 0.3) is 0 Å². The molecule has 1 amide bonds. The van der Waals surface area contributed by atoms with Gasteiger partial charge in [0.2, 0.25) is 11.0 Å². The Labute approximate surface area is 137 Å². The molecule has 0 spiro atoms. The van der Waals surface area contributed by atoms with Crippen molar-refractivity contribution in [3.8, 4) is 0 Å². The number of anilines is 1. The molecule has 0 radical (unpaired) electrons. The molecule has 0 aromatic carbocycles. The summed E-state index contributed by atoms with van der Waals surface area (Å²) in [6.45, 7) is 5.97. The third kappa shape index (κ3) is 4.96. The van der Waals surface area contributed by atoms with Gasteiger partial charge in [0.1, 0.15) is 0 Å². The lowest BCUT2D eigenvalue weighted by Gasteiger charge is -2.14. The Morgan fingerprint density at radius 2 is 2.36 bits per heavy atom. The van der Waals surface area contributed by atoms with E-state index in [1.807, 2.05) is 0 Å². The van der Waals surface area contributed by atoms with Gasteiger partial charge in [-0.15, -0.1) is 16.8 Å². The van der Waals surface area contributed by atoms with E-state index >= 15 is 0 Å². The lowest BCUT2D eigenvalue weighted by molar-refractivity contribution is -0.120. The van der Waals surface area contributed by atoms with Crippen molar-refractivity contribution in [2.24, 2.45) is 0 Å². The molecule has 1 aliphatic rings. The van der Waals surface area contributed by atoms with Gasteiger partial charge >= 0.3 is 0 Å². The molecule has 1 aromatic rings. The van der Waals surface area contributed by atoms with Crippen molar-refractivity contribution in [3.63, 3.8) is 0 Å². The van der Waals surface area contributed by atoms with Crippen LogP contribution in [0, 0.1) is 0 Å². The molecule has 122 valence electrons. The Balaban J connectivity index is 1.83. The number of nitrogens with zero attached hydrogens (tertiary/aromatic N) is 2. The van der Waals surface area contributed by atoms with Crippen molar-refractivity contribution in [2.75, 3.05) is 23.4 Å². The van der Waals surface area contributed by atoms with Crippen LogP contribution in [0.4, 0.5) is 5.13 Å². The lowest BCUT2D eigenvalue weighted by Crippen LogP contribution is -2.39. The fourth-order valence-corrected chi connectivity index (χ4v) is 5.51. The number of nitrogens with one attached hydrogen (secondary N) is 2. The highest BCUT2D eigenvalue weighted by atomic mass is 32.2. The molecule has 1 saturated heterocycles. The number of sulfone groups is 1. The van der Waals surface area contributed by atoms with E-state index in [-0.39, 0.29) is 28.7 Å². The first-order chi connectivity index (χ1) is 10.4. The van der Waals surface area contributed by atoms with Crippen molar-refractivity contribution in [1.82, 2.24) is 15.5 Å². The zero-order valence-corrected chi connectivity index (χ0v) is 14.6. The molecule has 1 fully saturated rings. The SMILES string of the molecule is C=CCNc1nnc(S[C@@H](C)C(=O)N[C@H]2CCS(=O)(=O)C2)s1. The minimum absolute atomic E-state index is 0.0323. The summed E-state index contributed by atoms with van der Waals surface area (Å²) in [5.41, 5.74) is 0. The highest BCUT2D eigenvalue weighted by Crippen LogP contribution is 2.29. The third-order valence-electron chi connectivity index (χ3n) is 3.03. The quantitative estimate of drug-likeness (QED) is 0.549. The van der Waals surface area contributed by atoms with Crippen molar-refractivity contribution < 1.29 is 13.2 Å². The van der Waals surface area contributed by atoms with E-state index in [1.165, 1.54) is 23.1 Å². The molecule has 2 N–H and O–H groups in total. The lowest BCUT2D eigenvalue weighted by atomic mass is 10.2. The smallest absolute Gasteiger partial charge is 0.233 e. The average Bonchev–Trinajstić information content (AvgIpc) is 3.03. The van der Waals surface area contributed by atoms with Gasteiger partial charge in [0, 0.05) is 12.6 Å². The highest BCUT2D eigenvalue weighted by Gasteiger charge is 2.30. The first kappa shape index (κ1) is 17.2. The van der Waals surface area contributed by atoms with Gasteiger partial charge < -0.3 is 10.6 Å². The molecule has 0 bridgehead atoms. The van der Waals surface area contributed by atoms with Crippen molar-refractivity contribution in [2.45, 2.75) is 29.0 Å². The standard InChI is InChI=1S/C12H18N4O3S3/c1-3-5-13-11-15-16-12(21-11)20-8(2)10(17)14-9-4-6-22(18,19)7-9/h3,8-9H,1,4-7H2,2H3,(H,13,15)(H,14,17)/t8-,9-/m0/s1. The van der Waals surface area contributed by atoms with Crippen LogP contribution in [0.3, 0.4) is 0 Å². The molecule has 0 unspecified atom stereocenters. The predicted molar refractivity (Wildman–Crippen MR) is 89.1 cm³/mol. The zero-order valence-electron chi connectivity index (χ0n) is 12.1. The number of carbonyl (C=O) groups is 1. The van der Waals surface area contributed by atoms with Crippen molar-refractivity contribution >= 4 is 44.0 Å². The summed E-state index contributed by atoms with van der Waals surface area (Å²) in [5.74, 6) is 0.00145. The topological polar surface area (TPSA) is 101 Å². The van der Waals surface area contributed by atoms with Gasteiger partial charge in [-0.25, -0.2) is 8.42 Å². The maximum absolute atomic E-state index is 12.1. The van der Waals surface area contributed by atoms with Gasteiger partial charge in [-0.3, -0.25) is 4.79 Å². The maximum atomic E-state index is 12.1. The second kappa shape index (κ2) is 7.42. The molecule has 7 nitrogen and oxygen atoms in total. The second-order valence-electron chi connectivity index (χ2n) is 4.91. The van der Waals surface area contributed by atoms with Gasteiger partial charge in [0.25, 0.3) is 0 Å². The fraction of sp³-hybridized carbons (Fsp3) is 0.583. The number of thioether (sulfide) groups is 1. The van der Waals surface area contributed by atoms with E-state index < -0.39 is 9.84 Å². The summed E-state index contributed by atoms with van der Waals surface area (Å²) in [7, 11) is -2.99. The van der Waals surface area contributed by atoms with Crippen molar-refractivity contribution in [3.05, 3.63) is 12.7 Å². The molecule has 22 heavy (non-hydrogen) atoms. The average molecular weight is 363 g/mol. The van der Waals surface area contributed by atoms with E-state index in [1.54, 1.807) is 13.0 Å². The summed E-state index contributed by atoms with van der Waals surface area (Å²) < 4.78 is 23.5. The maximum Gasteiger partial charge on any atom is 0.233 e. The fourth-order valence-electron chi connectivity index (χ4n) is 1.92. The largest absolute Gasteiger partial charge is 0.357 e. The van der Waals surface area contributed by atoms with Crippen molar-refractivity contribution in [1.29, 1.82) is 0 Å². The normalized spacial score (nSPS) is 21.2. The number of rotatable bonds is 7. The second-order valence-corrected chi connectivity index (χ2v) is 9.71. The molecule has 0 aliphatic carbocycles. The Bertz CT molecular complexity index is 644. The highest BCUT2D eigenvalue weighted by molar-refractivity contribution is 8.02. The summed E-state index contributed by atoms with van der Waals surface area (Å²) in [6.07, 6.45) is 2.21. The first-order valence-electron chi connectivity index (χ1n) is 6.75. The van der Waals surface area contributed by atoms with Crippen LogP contribution in [-0.4, -0.2) is 53.9 Å². The Morgan fingerprint density at radius 1 is 1.59 bits per heavy atom. The van der Waals surface area contributed by atoms with Crippen LogP contribution in [0.15, 0.2) is 17.0 Å². The third-order valence-corrected chi connectivity index (χ3v) is 6.86. The van der Waals surface area contributed by atoms with E-state index in [0.29, 0.717) is 22.4 Å². The molecular weight excluding hydrogens is 344 g/mol. The molecule has 0 saturated carbocycles. The molecular formula is C12H18N4O3S3. The van der Waals surface area contributed by atoms with E-state index in [2.05, 4.69) is 27.4 Å². The van der Waals surface area contributed by atoms with Crippen LogP contribution in [-0.2, 0) is 14.6 Å². The molecule has 10 heteroatoms. The Morgan fingerprint density at radius 3 is 3.00 bits per heavy atom. The van der Waals surface area contributed by atoms with Crippen LogP contribution < -0.4 is 10.6 Å². The Kier molecular flexibility index (Phi) is 5.81. The summed E-state index contributed by atoms with van der Waals surface area (Å²) in [6, 6.07) is -0.278. The van der Waals surface area contributed by atoms with Crippen LogP contribution >= 0.6 is 23.1 Å². The zero-order chi connectivity index (χ0) is 16.2. The van der Waals surface area contributed by atoms with E-state index in [4.69, 9.17) is 0 Å². The molecule has 1 aliphatic heterocycles. The van der Waals surface area contributed by atoms with Crippen LogP contribution in [0.1, 0.15) is 13.3 Å². The number of aromatic nitrogens is 2. The number of carbonyl (C=O) groups excluding carboxylic acids is 1. The van der Waals surface area contributed by atoms with Gasteiger partial charge in [-0.2, -0.15) is 0 Å². The monoisotopic (exact) mass is 362 g/mol. The minimum atomic E-state index is -2.99. The first-order valence-corrected chi connectivity index (χ1v) is 10.3. The van der Waals surface area contributed by atoms with Gasteiger partial charge in [-0.05, 0) is 13.3 Å². The predicted octanol–water partition coefficient (Wildman–Crippen LogP) is 0.920. The van der Waals surface area contributed by atoms with Crippen LogP contribution in [0.5, 0.6) is 0 Å². The number of amides is 1. The molecule has 2 atom stereocenters. The molecule has 2 rings (SSSR count). The van der Waals surface area contributed by atoms with E-state index in [9.17, 15) is 13.2 Å².